The molecule has 0 aromatic carbocycles. The van der Waals surface area contributed by atoms with Gasteiger partial charge in [0.05, 0.1) is 6.61 Å². The van der Waals surface area contributed by atoms with E-state index in [2.05, 4.69) is 10.7 Å². The molecule has 0 fully saturated rings. The van der Waals surface area contributed by atoms with Crippen LogP contribution in [0.15, 0.2) is 0 Å². The first kappa shape index (κ1) is 8.03. The number of ether oxygens (including phenoxy) is 1. The summed E-state index contributed by atoms with van der Waals surface area (Å²) in [6.45, 7) is 1.83. The molecule has 2 heteroatoms. The Morgan fingerprint density at radius 3 is 2.89 bits per heavy atom. The molecule has 0 radical (unpaired) electrons. The van der Waals surface area contributed by atoms with Crippen LogP contribution in [0.5, 0.6) is 0 Å². The summed E-state index contributed by atoms with van der Waals surface area (Å²) in [7, 11) is 0. The van der Waals surface area contributed by atoms with Gasteiger partial charge in [0.25, 0.3) is 0 Å². The summed E-state index contributed by atoms with van der Waals surface area (Å²) in [6.07, 6.45) is 6.39. The Morgan fingerprint density at radius 2 is 2.44 bits per heavy atom. The van der Waals surface area contributed by atoms with Crippen LogP contribution in [0.3, 0.4) is 0 Å². The molecule has 2 nitrogen and oxygen atoms in total. The lowest BCUT2D eigenvalue weighted by Gasteiger charge is -1.96. The fraction of sp³-hybridized carbons (Fsp3) is 0.571. The van der Waals surface area contributed by atoms with Gasteiger partial charge in [0.15, 0.2) is 0 Å². The molecule has 9 heavy (non-hydrogen) atoms. The standard InChI is InChI=1S/C7H10O2/c1-3-4-5-6-9-7(2)8/h1H,4-6H2,2H3. The number of hydrogen-bond donors (Lipinski definition) is 0. The quantitative estimate of drug-likeness (QED) is 0.320. The van der Waals surface area contributed by atoms with Crippen molar-refractivity contribution in [2.24, 2.45) is 0 Å². The first-order chi connectivity index (χ1) is 4.27. The summed E-state index contributed by atoms with van der Waals surface area (Å²) in [5.74, 6) is 2.21. The molecule has 0 aliphatic rings. The second-order valence-corrected chi connectivity index (χ2v) is 1.65. The van der Waals surface area contributed by atoms with Crippen LogP contribution < -0.4 is 0 Å². The SMILES string of the molecule is C#CCCCOC(C)=O. The smallest absolute Gasteiger partial charge is 0.302 e. The van der Waals surface area contributed by atoms with E-state index in [-0.39, 0.29) is 5.97 Å². The van der Waals surface area contributed by atoms with Gasteiger partial charge in [-0.3, -0.25) is 4.79 Å². The molecule has 0 aliphatic carbocycles. The summed E-state index contributed by atoms with van der Waals surface area (Å²) >= 11 is 0. The van der Waals surface area contributed by atoms with Crippen molar-refractivity contribution in [1.82, 2.24) is 0 Å². The predicted octanol–water partition coefficient (Wildman–Crippen LogP) is 0.963. The zero-order valence-corrected chi connectivity index (χ0v) is 5.52. The van der Waals surface area contributed by atoms with E-state index in [0.29, 0.717) is 13.0 Å². The van der Waals surface area contributed by atoms with Gasteiger partial charge in [0, 0.05) is 13.3 Å². The zero-order chi connectivity index (χ0) is 7.11. The zero-order valence-electron chi connectivity index (χ0n) is 5.52. The molecule has 0 bridgehead atoms. The van der Waals surface area contributed by atoms with Gasteiger partial charge in [-0.25, -0.2) is 0 Å². The summed E-state index contributed by atoms with van der Waals surface area (Å²) in [5.41, 5.74) is 0. The molecule has 0 rings (SSSR count). The minimum absolute atomic E-state index is 0.243. The first-order valence-electron chi connectivity index (χ1n) is 2.84. The molecular weight excluding hydrogens is 116 g/mol. The second kappa shape index (κ2) is 5.17. The van der Waals surface area contributed by atoms with Gasteiger partial charge < -0.3 is 4.74 Å². The Hall–Kier alpha value is -0.970. The summed E-state index contributed by atoms with van der Waals surface area (Å²) in [5, 5.41) is 0. The monoisotopic (exact) mass is 126 g/mol. The van der Waals surface area contributed by atoms with E-state index in [1.54, 1.807) is 0 Å². The van der Waals surface area contributed by atoms with E-state index in [0.717, 1.165) is 6.42 Å². The number of unbranched alkanes of at least 4 members (excludes halogenated alkanes) is 1. The van der Waals surface area contributed by atoms with Crippen molar-refractivity contribution in [3.63, 3.8) is 0 Å². The van der Waals surface area contributed by atoms with Gasteiger partial charge in [0.1, 0.15) is 0 Å². The molecule has 0 saturated carbocycles. The average molecular weight is 126 g/mol. The number of terminal acetylenes is 1. The highest BCUT2D eigenvalue weighted by Crippen LogP contribution is 1.87. The van der Waals surface area contributed by atoms with Crippen molar-refractivity contribution >= 4 is 5.97 Å². The Kier molecular flexibility index (Phi) is 4.61. The molecule has 0 atom stereocenters. The van der Waals surface area contributed by atoms with E-state index in [1.807, 2.05) is 0 Å². The molecule has 0 aromatic heterocycles. The fourth-order valence-electron chi connectivity index (χ4n) is 0.390. The lowest BCUT2D eigenvalue weighted by atomic mass is 10.3. The van der Waals surface area contributed by atoms with Gasteiger partial charge in [-0.05, 0) is 6.42 Å². The summed E-state index contributed by atoms with van der Waals surface area (Å²) in [6, 6.07) is 0. The van der Waals surface area contributed by atoms with E-state index < -0.39 is 0 Å². The van der Waals surface area contributed by atoms with Crippen LogP contribution in [-0.4, -0.2) is 12.6 Å². The van der Waals surface area contributed by atoms with Gasteiger partial charge in [0.2, 0.25) is 0 Å². The molecule has 0 heterocycles. The van der Waals surface area contributed by atoms with E-state index in [9.17, 15) is 4.79 Å². The Morgan fingerprint density at radius 1 is 1.78 bits per heavy atom. The van der Waals surface area contributed by atoms with Crippen molar-refractivity contribution in [2.45, 2.75) is 19.8 Å². The summed E-state index contributed by atoms with van der Waals surface area (Å²) < 4.78 is 4.61. The van der Waals surface area contributed by atoms with Crippen LogP contribution >= 0.6 is 0 Å². The maximum atomic E-state index is 10.1. The third-order valence-electron chi connectivity index (χ3n) is 0.771. The molecular formula is C7H10O2. The highest BCUT2D eigenvalue weighted by Gasteiger charge is 1.89. The number of hydrogen-bond acceptors (Lipinski definition) is 2. The molecule has 50 valence electrons. The predicted molar refractivity (Wildman–Crippen MR) is 34.7 cm³/mol. The van der Waals surface area contributed by atoms with E-state index in [1.165, 1.54) is 6.92 Å². The summed E-state index contributed by atoms with van der Waals surface area (Å²) in [4.78, 5) is 10.1. The highest BCUT2D eigenvalue weighted by molar-refractivity contribution is 5.65. The number of carbonyl (C=O) groups excluding carboxylic acids is 1. The van der Waals surface area contributed by atoms with Crippen LogP contribution in [0.2, 0.25) is 0 Å². The van der Waals surface area contributed by atoms with Crippen LogP contribution in [0.4, 0.5) is 0 Å². The Labute approximate surface area is 55.2 Å². The van der Waals surface area contributed by atoms with Crippen LogP contribution in [0.25, 0.3) is 0 Å². The van der Waals surface area contributed by atoms with E-state index in [4.69, 9.17) is 6.42 Å². The molecule has 0 N–H and O–H groups in total. The van der Waals surface area contributed by atoms with Crippen molar-refractivity contribution in [1.29, 1.82) is 0 Å². The first-order valence-corrected chi connectivity index (χ1v) is 2.84. The van der Waals surface area contributed by atoms with Crippen LogP contribution in [0, 0.1) is 12.3 Å². The number of carbonyl (C=O) groups is 1. The van der Waals surface area contributed by atoms with Crippen molar-refractivity contribution in [2.75, 3.05) is 6.61 Å². The van der Waals surface area contributed by atoms with Crippen molar-refractivity contribution in [3.05, 3.63) is 0 Å². The van der Waals surface area contributed by atoms with Crippen LogP contribution in [0.1, 0.15) is 19.8 Å². The van der Waals surface area contributed by atoms with Crippen molar-refractivity contribution < 1.29 is 9.53 Å². The van der Waals surface area contributed by atoms with Gasteiger partial charge in [-0.2, -0.15) is 0 Å². The van der Waals surface area contributed by atoms with Gasteiger partial charge in [-0.1, -0.05) is 0 Å². The lowest BCUT2D eigenvalue weighted by Crippen LogP contribution is -1.99. The number of rotatable bonds is 3. The normalized spacial score (nSPS) is 8.00. The second-order valence-electron chi connectivity index (χ2n) is 1.65. The Bertz CT molecular complexity index is 121. The maximum Gasteiger partial charge on any atom is 0.302 e. The molecule has 0 aromatic rings. The van der Waals surface area contributed by atoms with Crippen molar-refractivity contribution in [3.8, 4) is 12.3 Å². The van der Waals surface area contributed by atoms with Gasteiger partial charge >= 0.3 is 5.97 Å². The van der Waals surface area contributed by atoms with E-state index >= 15 is 0 Å². The molecule has 0 aliphatic heterocycles. The molecule has 0 unspecified atom stereocenters. The largest absolute Gasteiger partial charge is 0.466 e. The highest BCUT2D eigenvalue weighted by atomic mass is 16.5. The van der Waals surface area contributed by atoms with Gasteiger partial charge in [-0.15, -0.1) is 12.3 Å². The maximum absolute atomic E-state index is 10.1. The number of esters is 1. The third kappa shape index (κ3) is 7.03. The third-order valence-corrected chi connectivity index (χ3v) is 0.771. The minimum Gasteiger partial charge on any atom is -0.466 e. The lowest BCUT2D eigenvalue weighted by molar-refractivity contribution is -0.141. The fourth-order valence-corrected chi connectivity index (χ4v) is 0.390. The molecule has 0 amide bonds. The molecule has 0 spiro atoms. The van der Waals surface area contributed by atoms with Crippen LogP contribution in [-0.2, 0) is 9.53 Å². The molecule has 0 saturated heterocycles. The topological polar surface area (TPSA) is 26.3 Å². The Balaban J connectivity index is 2.94. The minimum atomic E-state index is -0.243. The average Bonchev–Trinajstić information content (AvgIpc) is 1.80.